The quantitative estimate of drug-likeness (QED) is 0.687. The smallest absolute Gasteiger partial charge is 0.135 e. The molecule has 0 fully saturated rings. The second kappa shape index (κ2) is 6.14. The van der Waals surface area contributed by atoms with Crippen LogP contribution in [0.2, 0.25) is 5.02 Å². The molecule has 0 amide bonds. The van der Waals surface area contributed by atoms with Gasteiger partial charge in [0.2, 0.25) is 0 Å². The Hall–Kier alpha value is -1.79. The highest BCUT2D eigenvalue weighted by Gasteiger charge is 2.13. The number of rotatable bonds is 4. The Kier molecular flexibility index (Phi) is 4.22. The van der Waals surface area contributed by atoms with Crippen LogP contribution in [0.15, 0.2) is 36.0 Å². The molecule has 0 radical (unpaired) electrons. The first kappa shape index (κ1) is 15.1. The van der Waals surface area contributed by atoms with Crippen LogP contribution in [0.3, 0.4) is 0 Å². The van der Waals surface area contributed by atoms with Gasteiger partial charge in [0.15, 0.2) is 0 Å². The Morgan fingerprint density at radius 3 is 2.86 bits per heavy atom. The molecule has 0 N–H and O–H groups in total. The molecule has 22 heavy (non-hydrogen) atoms. The van der Waals surface area contributed by atoms with Gasteiger partial charge in [-0.1, -0.05) is 11.6 Å². The first-order valence-electron chi connectivity index (χ1n) is 6.62. The number of aromatic nitrogens is 3. The highest BCUT2D eigenvalue weighted by atomic mass is 35.5. The van der Waals surface area contributed by atoms with E-state index in [1.165, 1.54) is 23.5 Å². The van der Waals surface area contributed by atoms with Crippen LogP contribution in [-0.4, -0.2) is 14.8 Å². The van der Waals surface area contributed by atoms with Crippen molar-refractivity contribution in [2.45, 2.75) is 19.4 Å². The molecule has 0 bridgehead atoms. The molecule has 3 aromatic rings. The number of halogens is 3. The van der Waals surface area contributed by atoms with Crippen LogP contribution in [0, 0.1) is 11.6 Å². The van der Waals surface area contributed by atoms with Crippen molar-refractivity contribution in [2.24, 2.45) is 0 Å². The average Bonchev–Trinajstić information content (AvgIpc) is 3.08. The zero-order valence-corrected chi connectivity index (χ0v) is 13.2. The van der Waals surface area contributed by atoms with E-state index in [-0.39, 0.29) is 6.04 Å². The molecule has 3 rings (SSSR count). The third-order valence-corrected chi connectivity index (χ3v) is 4.32. The summed E-state index contributed by atoms with van der Waals surface area (Å²) in [5, 5.41) is 7.38. The minimum absolute atomic E-state index is 0.0876. The predicted molar refractivity (Wildman–Crippen MR) is 83.1 cm³/mol. The fraction of sp³-hybridized carbons (Fsp3) is 0.200. The van der Waals surface area contributed by atoms with Crippen molar-refractivity contribution in [3.63, 3.8) is 0 Å². The van der Waals surface area contributed by atoms with Gasteiger partial charge in [-0.15, -0.1) is 11.3 Å². The van der Waals surface area contributed by atoms with Crippen LogP contribution in [0.5, 0.6) is 0 Å². The fourth-order valence-electron chi connectivity index (χ4n) is 2.13. The summed E-state index contributed by atoms with van der Waals surface area (Å²) in [5.41, 5.74) is 0.821. The van der Waals surface area contributed by atoms with Gasteiger partial charge in [-0.2, -0.15) is 5.10 Å². The average molecular weight is 340 g/mol. The van der Waals surface area contributed by atoms with Crippen molar-refractivity contribution in [3.8, 4) is 11.3 Å². The van der Waals surface area contributed by atoms with Crippen LogP contribution >= 0.6 is 22.9 Å². The van der Waals surface area contributed by atoms with Crippen LogP contribution < -0.4 is 0 Å². The van der Waals surface area contributed by atoms with Crippen molar-refractivity contribution in [1.82, 2.24) is 14.8 Å². The first-order valence-corrected chi connectivity index (χ1v) is 7.88. The normalized spacial score (nSPS) is 12.5. The fourth-order valence-corrected chi connectivity index (χ4v) is 3.19. The molecule has 0 saturated carbocycles. The Labute approximate surface area is 135 Å². The van der Waals surface area contributed by atoms with Crippen LogP contribution in [0.25, 0.3) is 11.3 Å². The molecule has 0 unspecified atom stereocenters. The van der Waals surface area contributed by atoms with Gasteiger partial charge in [0.05, 0.1) is 28.0 Å². The summed E-state index contributed by atoms with van der Waals surface area (Å²) in [4.78, 5) is 4.43. The summed E-state index contributed by atoms with van der Waals surface area (Å²) in [5.74, 6) is -1.20. The minimum atomic E-state index is -0.608. The Morgan fingerprint density at radius 1 is 1.36 bits per heavy atom. The first-order chi connectivity index (χ1) is 10.5. The van der Waals surface area contributed by atoms with Gasteiger partial charge in [0.1, 0.15) is 11.6 Å². The summed E-state index contributed by atoms with van der Waals surface area (Å²) >= 11 is 7.29. The maximum absolute atomic E-state index is 13.8. The molecule has 0 spiro atoms. The van der Waals surface area contributed by atoms with Gasteiger partial charge in [0, 0.05) is 29.6 Å². The van der Waals surface area contributed by atoms with Gasteiger partial charge in [0.25, 0.3) is 0 Å². The third kappa shape index (κ3) is 3.18. The molecule has 3 nitrogen and oxygen atoms in total. The van der Waals surface area contributed by atoms with Crippen molar-refractivity contribution < 1.29 is 8.78 Å². The van der Waals surface area contributed by atoms with E-state index in [0.29, 0.717) is 22.7 Å². The predicted octanol–water partition coefficient (Wildman–Crippen LogP) is 4.74. The third-order valence-electron chi connectivity index (χ3n) is 3.25. The minimum Gasteiger partial charge on any atom is -0.268 e. The Balaban J connectivity index is 1.79. The van der Waals surface area contributed by atoms with E-state index in [1.807, 2.05) is 6.92 Å². The van der Waals surface area contributed by atoms with Gasteiger partial charge in [-0.05, 0) is 19.1 Å². The molecular formula is C15H12ClF2N3S. The molecule has 7 heteroatoms. The van der Waals surface area contributed by atoms with E-state index >= 15 is 0 Å². The van der Waals surface area contributed by atoms with Gasteiger partial charge in [-0.3, -0.25) is 4.68 Å². The second-order valence-electron chi connectivity index (χ2n) is 4.94. The SMILES string of the molecule is C[C@@H](Cc1nc(-c2ccc(F)cc2F)cs1)n1cc(Cl)cn1. The number of hydrogen-bond donors (Lipinski definition) is 0. The molecule has 114 valence electrons. The van der Waals surface area contributed by atoms with Crippen molar-refractivity contribution in [1.29, 1.82) is 0 Å². The molecule has 1 aromatic carbocycles. The van der Waals surface area contributed by atoms with Gasteiger partial charge < -0.3 is 0 Å². The number of thiazole rings is 1. The molecular weight excluding hydrogens is 328 g/mol. The lowest BCUT2D eigenvalue weighted by atomic mass is 10.1. The summed E-state index contributed by atoms with van der Waals surface area (Å²) in [7, 11) is 0. The monoisotopic (exact) mass is 339 g/mol. The number of hydrogen-bond acceptors (Lipinski definition) is 3. The Bertz CT molecular complexity index is 800. The van der Waals surface area contributed by atoms with Gasteiger partial charge >= 0.3 is 0 Å². The topological polar surface area (TPSA) is 30.7 Å². The van der Waals surface area contributed by atoms with Crippen molar-refractivity contribution in [2.75, 3.05) is 0 Å². The summed E-state index contributed by atoms with van der Waals surface area (Å²) in [6, 6.07) is 3.58. The Morgan fingerprint density at radius 2 is 2.18 bits per heavy atom. The van der Waals surface area contributed by atoms with E-state index in [1.54, 1.807) is 22.5 Å². The lowest BCUT2D eigenvalue weighted by Gasteiger charge is -2.09. The highest BCUT2D eigenvalue weighted by Crippen LogP contribution is 2.27. The lowest BCUT2D eigenvalue weighted by molar-refractivity contribution is 0.488. The zero-order chi connectivity index (χ0) is 15.7. The van der Waals surface area contributed by atoms with Crippen molar-refractivity contribution in [3.05, 3.63) is 57.6 Å². The second-order valence-corrected chi connectivity index (χ2v) is 6.32. The number of nitrogens with zero attached hydrogens (tertiary/aromatic N) is 3. The molecule has 2 aromatic heterocycles. The molecule has 0 aliphatic heterocycles. The summed E-state index contributed by atoms with van der Waals surface area (Å²) < 4.78 is 28.5. The van der Waals surface area contributed by atoms with Crippen LogP contribution in [0.1, 0.15) is 18.0 Å². The van der Waals surface area contributed by atoms with E-state index < -0.39 is 11.6 Å². The molecule has 1 atom stereocenters. The van der Waals surface area contributed by atoms with Crippen LogP contribution in [-0.2, 0) is 6.42 Å². The van der Waals surface area contributed by atoms with Crippen LogP contribution in [0.4, 0.5) is 8.78 Å². The maximum atomic E-state index is 13.8. The molecule has 0 saturated heterocycles. The van der Waals surface area contributed by atoms with Crippen molar-refractivity contribution >= 4 is 22.9 Å². The molecule has 0 aliphatic rings. The maximum Gasteiger partial charge on any atom is 0.135 e. The number of benzene rings is 1. The lowest BCUT2D eigenvalue weighted by Crippen LogP contribution is -2.08. The molecule has 0 aliphatic carbocycles. The summed E-state index contributed by atoms with van der Waals surface area (Å²) in [6.07, 6.45) is 3.99. The largest absolute Gasteiger partial charge is 0.268 e. The van der Waals surface area contributed by atoms with E-state index in [9.17, 15) is 8.78 Å². The van der Waals surface area contributed by atoms with E-state index in [0.717, 1.165) is 11.1 Å². The standard InChI is InChI=1S/C15H12ClF2N3S/c1-9(21-7-10(16)6-19-21)4-15-20-14(8-22-15)12-3-2-11(17)5-13(12)18/h2-3,5-9H,4H2,1H3/t9-/m0/s1. The van der Waals surface area contributed by atoms with E-state index in [2.05, 4.69) is 10.1 Å². The van der Waals surface area contributed by atoms with Gasteiger partial charge in [-0.25, -0.2) is 13.8 Å². The highest BCUT2D eigenvalue weighted by molar-refractivity contribution is 7.09. The molecule has 2 heterocycles. The zero-order valence-electron chi connectivity index (χ0n) is 11.6. The summed E-state index contributed by atoms with van der Waals surface area (Å²) in [6.45, 7) is 2.00. The van der Waals surface area contributed by atoms with E-state index in [4.69, 9.17) is 11.6 Å².